The Balaban J connectivity index is 1.95. The zero-order chi connectivity index (χ0) is 15.0. The van der Waals surface area contributed by atoms with Crippen molar-refractivity contribution < 1.29 is 9.90 Å². The van der Waals surface area contributed by atoms with Gasteiger partial charge in [-0.25, -0.2) is 4.79 Å². The Hall–Kier alpha value is -2.69. The third kappa shape index (κ3) is 2.50. The average molecular weight is 281 g/mol. The van der Waals surface area contributed by atoms with Crippen LogP contribution in [0.5, 0.6) is 0 Å². The zero-order valence-corrected chi connectivity index (χ0v) is 11.9. The molecule has 0 atom stereocenters. The van der Waals surface area contributed by atoms with Gasteiger partial charge in [-0.05, 0) is 37.6 Å². The first-order valence-corrected chi connectivity index (χ1v) is 6.66. The predicted octanol–water partition coefficient (Wildman–Crippen LogP) is 2.79. The van der Waals surface area contributed by atoms with Crippen molar-refractivity contribution in [3.05, 3.63) is 59.0 Å². The van der Waals surface area contributed by atoms with Crippen LogP contribution in [0.2, 0.25) is 0 Å². The molecule has 3 rings (SSSR count). The Morgan fingerprint density at radius 2 is 2.05 bits per heavy atom. The fraction of sp³-hybridized carbons (Fsp3) is 0.188. The van der Waals surface area contributed by atoms with Crippen LogP contribution in [0.25, 0.3) is 10.9 Å². The molecule has 1 N–H and O–H groups in total. The molecule has 0 aliphatic heterocycles. The molecule has 0 saturated carbocycles. The van der Waals surface area contributed by atoms with Crippen molar-refractivity contribution in [2.24, 2.45) is 0 Å². The Kier molecular flexibility index (Phi) is 3.17. The van der Waals surface area contributed by atoms with Crippen molar-refractivity contribution in [1.82, 2.24) is 14.8 Å². The summed E-state index contributed by atoms with van der Waals surface area (Å²) in [5.41, 5.74) is 3.92. The molecule has 0 aliphatic rings. The number of aromatic nitrogens is 3. The maximum Gasteiger partial charge on any atom is 0.339 e. The molecular weight excluding hydrogens is 266 g/mol. The number of fused-ring (bicyclic) bond motifs is 1. The number of aromatic carboxylic acids is 1. The highest BCUT2D eigenvalue weighted by Crippen LogP contribution is 2.17. The highest BCUT2D eigenvalue weighted by Gasteiger charge is 2.12. The van der Waals surface area contributed by atoms with Gasteiger partial charge in [0.25, 0.3) is 0 Å². The number of pyridine rings is 1. The van der Waals surface area contributed by atoms with Crippen LogP contribution in [0.3, 0.4) is 0 Å². The van der Waals surface area contributed by atoms with Crippen LogP contribution < -0.4 is 0 Å². The lowest BCUT2D eigenvalue weighted by atomic mass is 10.1. The van der Waals surface area contributed by atoms with E-state index in [4.69, 9.17) is 5.11 Å². The van der Waals surface area contributed by atoms with Crippen molar-refractivity contribution in [2.75, 3.05) is 0 Å². The van der Waals surface area contributed by atoms with E-state index in [2.05, 4.69) is 16.1 Å². The van der Waals surface area contributed by atoms with Crippen LogP contribution in [-0.2, 0) is 6.54 Å². The second-order valence-corrected chi connectivity index (χ2v) is 5.09. The summed E-state index contributed by atoms with van der Waals surface area (Å²) in [6.45, 7) is 4.28. The molecule has 0 fully saturated rings. The molecule has 2 aromatic heterocycles. The van der Waals surface area contributed by atoms with Gasteiger partial charge < -0.3 is 5.11 Å². The van der Waals surface area contributed by atoms with E-state index in [-0.39, 0.29) is 5.56 Å². The number of carboxylic acids is 1. The summed E-state index contributed by atoms with van der Waals surface area (Å²) < 4.78 is 1.70. The Morgan fingerprint density at radius 3 is 2.76 bits per heavy atom. The van der Waals surface area contributed by atoms with Crippen molar-refractivity contribution in [3.8, 4) is 0 Å². The van der Waals surface area contributed by atoms with E-state index in [1.165, 1.54) is 6.20 Å². The van der Waals surface area contributed by atoms with Crippen LogP contribution in [0, 0.1) is 13.8 Å². The van der Waals surface area contributed by atoms with Gasteiger partial charge in [-0.15, -0.1) is 0 Å². The molecule has 0 unspecified atom stereocenters. The van der Waals surface area contributed by atoms with Crippen molar-refractivity contribution in [2.45, 2.75) is 20.4 Å². The molecule has 0 spiro atoms. The SMILES string of the molecule is Cc1ccc2cc(Cn3ncc(C(=O)O)c3C)ccc2n1. The predicted molar refractivity (Wildman–Crippen MR) is 79.5 cm³/mol. The molecule has 0 amide bonds. The first-order chi connectivity index (χ1) is 10.0. The fourth-order valence-corrected chi connectivity index (χ4v) is 2.36. The summed E-state index contributed by atoms with van der Waals surface area (Å²) in [6.07, 6.45) is 1.39. The minimum Gasteiger partial charge on any atom is -0.478 e. The van der Waals surface area contributed by atoms with Gasteiger partial charge >= 0.3 is 5.97 Å². The van der Waals surface area contributed by atoms with Gasteiger partial charge in [0.05, 0.1) is 24.0 Å². The van der Waals surface area contributed by atoms with Gasteiger partial charge in [-0.1, -0.05) is 12.1 Å². The van der Waals surface area contributed by atoms with Crippen molar-refractivity contribution in [3.63, 3.8) is 0 Å². The molecule has 0 aliphatic carbocycles. The lowest BCUT2D eigenvalue weighted by molar-refractivity contribution is 0.0696. The first kappa shape index (κ1) is 13.3. The third-order valence-electron chi connectivity index (χ3n) is 3.56. The van der Waals surface area contributed by atoms with E-state index < -0.39 is 5.97 Å². The van der Waals surface area contributed by atoms with Crippen molar-refractivity contribution >= 4 is 16.9 Å². The quantitative estimate of drug-likeness (QED) is 0.801. The van der Waals surface area contributed by atoms with Gasteiger partial charge in [-0.3, -0.25) is 9.67 Å². The number of benzene rings is 1. The van der Waals surface area contributed by atoms with E-state index in [0.29, 0.717) is 12.2 Å². The molecular formula is C16H15N3O2. The summed E-state index contributed by atoms with van der Waals surface area (Å²) in [6, 6.07) is 10.1. The number of nitrogens with zero attached hydrogens (tertiary/aromatic N) is 3. The molecule has 2 heterocycles. The molecule has 5 nitrogen and oxygen atoms in total. The third-order valence-corrected chi connectivity index (χ3v) is 3.56. The van der Waals surface area contributed by atoms with Crippen LogP contribution >= 0.6 is 0 Å². The van der Waals surface area contributed by atoms with Gasteiger partial charge in [0.15, 0.2) is 0 Å². The highest BCUT2D eigenvalue weighted by atomic mass is 16.4. The number of aryl methyl sites for hydroxylation is 1. The molecule has 5 heteroatoms. The van der Waals surface area contributed by atoms with Gasteiger partial charge in [0, 0.05) is 11.1 Å². The van der Waals surface area contributed by atoms with E-state index in [9.17, 15) is 4.79 Å². The number of rotatable bonds is 3. The van der Waals surface area contributed by atoms with E-state index in [1.54, 1.807) is 11.6 Å². The minimum absolute atomic E-state index is 0.244. The van der Waals surface area contributed by atoms with E-state index in [0.717, 1.165) is 22.2 Å². The largest absolute Gasteiger partial charge is 0.478 e. The number of carbonyl (C=O) groups is 1. The first-order valence-electron chi connectivity index (χ1n) is 6.66. The highest BCUT2D eigenvalue weighted by molar-refractivity contribution is 5.88. The summed E-state index contributed by atoms with van der Waals surface area (Å²) in [4.78, 5) is 15.5. The number of hydrogen-bond donors (Lipinski definition) is 1. The molecule has 0 saturated heterocycles. The van der Waals surface area contributed by atoms with Gasteiger partial charge in [-0.2, -0.15) is 5.10 Å². The molecule has 0 radical (unpaired) electrons. The van der Waals surface area contributed by atoms with E-state index >= 15 is 0 Å². The topological polar surface area (TPSA) is 68.0 Å². The summed E-state index contributed by atoms with van der Waals surface area (Å²) in [5, 5.41) is 14.3. The monoisotopic (exact) mass is 281 g/mol. The summed E-state index contributed by atoms with van der Waals surface area (Å²) in [7, 11) is 0. The zero-order valence-electron chi connectivity index (χ0n) is 11.9. The second kappa shape index (κ2) is 5.01. The van der Waals surface area contributed by atoms with Crippen LogP contribution in [0.1, 0.15) is 27.3 Å². The van der Waals surface area contributed by atoms with Crippen LogP contribution in [-0.4, -0.2) is 25.8 Å². The van der Waals surface area contributed by atoms with Crippen LogP contribution in [0.15, 0.2) is 36.5 Å². The van der Waals surface area contributed by atoms with Gasteiger partial charge in [0.1, 0.15) is 5.56 Å². The maximum atomic E-state index is 11.0. The van der Waals surface area contributed by atoms with Crippen LogP contribution in [0.4, 0.5) is 0 Å². The van der Waals surface area contributed by atoms with Crippen molar-refractivity contribution in [1.29, 1.82) is 0 Å². The molecule has 106 valence electrons. The fourth-order valence-electron chi connectivity index (χ4n) is 2.36. The Bertz CT molecular complexity index is 837. The number of hydrogen-bond acceptors (Lipinski definition) is 3. The Morgan fingerprint density at radius 1 is 1.24 bits per heavy atom. The van der Waals surface area contributed by atoms with Gasteiger partial charge in [0.2, 0.25) is 0 Å². The standard InChI is InChI=1S/C16H15N3O2/c1-10-3-5-13-7-12(4-6-15(13)18-10)9-19-11(2)14(8-17-19)16(20)21/h3-8H,9H2,1-2H3,(H,20,21). The lowest BCUT2D eigenvalue weighted by Crippen LogP contribution is -2.06. The molecule has 1 aromatic carbocycles. The van der Waals surface area contributed by atoms with E-state index in [1.807, 2.05) is 31.2 Å². The Labute approximate surface area is 121 Å². The smallest absolute Gasteiger partial charge is 0.339 e. The summed E-state index contributed by atoms with van der Waals surface area (Å²) >= 11 is 0. The average Bonchev–Trinajstić information content (AvgIpc) is 2.80. The molecule has 0 bridgehead atoms. The lowest BCUT2D eigenvalue weighted by Gasteiger charge is -2.07. The molecule has 3 aromatic rings. The normalized spacial score (nSPS) is 11.0. The maximum absolute atomic E-state index is 11.0. The second-order valence-electron chi connectivity index (χ2n) is 5.09. The minimum atomic E-state index is -0.947. The molecule has 21 heavy (non-hydrogen) atoms. The summed E-state index contributed by atoms with van der Waals surface area (Å²) in [5.74, 6) is -0.947. The number of carboxylic acid groups (broad SMARTS) is 1.